The Labute approximate surface area is 88.1 Å². The molecule has 0 unspecified atom stereocenters. The van der Waals surface area contributed by atoms with Gasteiger partial charge in [-0.1, -0.05) is 13.5 Å². The molecular weight excluding hydrogens is 249 g/mol. The second-order valence-electron chi connectivity index (χ2n) is 3.77. The fourth-order valence-corrected chi connectivity index (χ4v) is 1.42. The molecule has 0 saturated heterocycles. The largest absolute Gasteiger partial charge is 1.00 e. The molecule has 0 radical (unpaired) electrons. The third kappa shape index (κ3) is 8.34. The van der Waals surface area contributed by atoms with Crippen LogP contribution in [0.25, 0.3) is 0 Å². The fraction of sp³-hybridized carbons (Fsp3) is 0.778. The minimum atomic E-state index is 0. The first kappa shape index (κ1) is 14.0. The van der Waals surface area contributed by atoms with E-state index < -0.39 is 0 Å². The van der Waals surface area contributed by atoms with Gasteiger partial charge in [-0.3, -0.25) is 0 Å². The zero-order valence-corrected chi connectivity index (χ0v) is 10.3. The van der Waals surface area contributed by atoms with Gasteiger partial charge in [0.15, 0.2) is 0 Å². The molecule has 11 heavy (non-hydrogen) atoms. The van der Waals surface area contributed by atoms with Gasteiger partial charge in [-0.25, -0.2) is 0 Å². The van der Waals surface area contributed by atoms with E-state index in [0.717, 1.165) is 11.0 Å². The van der Waals surface area contributed by atoms with Crippen molar-refractivity contribution in [1.82, 2.24) is 0 Å². The van der Waals surface area contributed by atoms with Gasteiger partial charge in [-0.2, -0.15) is 0 Å². The molecule has 0 aromatic heterocycles. The van der Waals surface area contributed by atoms with Gasteiger partial charge in [0.1, 0.15) is 0 Å². The summed E-state index contributed by atoms with van der Waals surface area (Å²) < 4.78 is 1.08. The summed E-state index contributed by atoms with van der Waals surface area (Å²) in [6, 6.07) is 0. The van der Waals surface area contributed by atoms with Crippen LogP contribution in [0, 0.1) is 0 Å². The Morgan fingerprint density at radius 1 is 1.36 bits per heavy atom. The molecule has 0 rings (SSSR count). The van der Waals surface area contributed by atoms with Crippen molar-refractivity contribution in [3.63, 3.8) is 0 Å². The molecule has 1 nitrogen and oxygen atoms in total. The first-order valence-electron chi connectivity index (χ1n) is 3.94. The third-order valence-electron chi connectivity index (χ3n) is 1.53. The van der Waals surface area contributed by atoms with E-state index in [-0.39, 0.29) is 24.0 Å². The molecule has 0 amide bonds. The summed E-state index contributed by atoms with van der Waals surface area (Å²) in [7, 11) is 4.50. The van der Waals surface area contributed by atoms with Gasteiger partial charge >= 0.3 is 0 Å². The number of hydrogen-bond acceptors (Lipinski definition) is 0. The maximum Gasteiger partial charge on any atom is 0.0993 e. The lowest BCUT2D eigenvalue weighted by Gasteiger charge is -2.29. The quantitative estimate of drug-likeness (QED) is 0.351. The average Bonchev–Trinajstić information content (AvgIpc) is 1.59. The molecular formula is C9H20IN. The Morgan fingerprint density at radius 2 is 1.82 bits per heavy atom. The van der Waals surface area contributed by atoms with Crippen molar-refractivity contribution in [2.45, 2.75) is 20.3 Å². The van der Waals surface area contributed by atoms with Gasteiger partial charge in [-0.15, -0.1) is 0 Å². The van der Waals surface area contributed by atoms with Crippen LogP contribution in [0.1, 0.15) is 20.3 Å². The Morgan fingerprint density at radius 3 is 2.09 bits per heavy atom. The van der Waals surface area contributed by atoms with Gasteiger partial charge in [0.25, 0.3) is 0 Å². The predicted molar refractivity (Wildman–Crippen MR) is 46.9 cm³/mol. The van der Waals surface area contributed by atoms with Crippen LogP contribution in [0.5, 0.6) is 0 Å². The Balaban J connectivity index is 0. The van der Waals surface area contributed by atoms with Crippen LogP contribution in [-0.2, 0) is 0 Å². The van der Waals surface area contributed by atoms with Crippen LogP contribution >= 0.6 is 0 Å². The topological polar surface area (TPSA) is 0 Å². The monoisotopic (exact) mass is 269 g/mol. The van der Waals surface area contributed by atoms with Crippen LogP contribution in [0.2, 0.25) is 0 Å². The fourth-order valence-electron chi connectivity index (χ4n) is 1.42. The van der Waals surface area contributed by atoms with Crippen LogP contribution < -0.4 is 24.0 Å². The lowest BCUT2D eigenvalue weighted by atomic mass is 10.3. The van der Waals surface area contributed by atoms with Gasteiger partial charge in [0, 0.05) is 0 Å². The molecule has 0 heterocycles. The van der Waals surface area contributed by atoms with Crippen molar-refractivity contribution >= 4 is 0 Å². The highest BCUT2D eigenvalue weighted by atomic mass is 127. The molecule has 0 saturated carbocycles. The minimum Gasteiger partial charge on any atom is -1.00 e. The van der Waals surface area contributed by atoms with Crippen LogP contribution in [0.3, 0.4) is 0 Å². The number of nitrogens with zero attached hydrogens (tertiary/aromatic N) is 1. The first-order chi connectivity index (χ1) is 4.48. The predicted octanol–water partition coefficient (Wildman–Crippen LogP) is -0.947. The van der Waals surface area contributed by atoms with Crippen molar-refractivity contribution in [3.05, 3.63) is 12.2 Å². The molecule has 0 aliphatic rings. The van der Waals surface area contributed by atoms with Gasteiger partial charge in [0.05, 0.1) is 27.2 Å². The van der Waals surface area contributed by atoms with Crippen LogP contribution in [0.15, 0.2) is 12.2 Å². The normalized spacial score (nSPS) is 10.5. The number of likely N-dealkylation sites (N-methyl/N-ethyl adjacent to an activating group) is 1. The van der Waals surface area contributed by atoms with Crippen molar-refractivity contribution in [1.29, 1.82) is 0 Å². The van der Waals surface area contributed by atoms with E-state index in [0.29, 0.717) is 0 Å². The van der Waals surface area contributed by atoms with Crippen molar-refractivity contribution in [3.8, 4) is 0 Å². The maximum atomic E-state index is 3.91. The zero-order chi connectivity index (χ0) is 8.20. The molecule has 0 aliphatic heterocycles. The second-order valence-corrected chi connectivity index (χ2v) is 3.77. The molecule has 0 N–H and O–H groups in total. The highest BCUT2D eigenvalue weighted by Gasteiger charge is 2.12. The second kappa shape index (κ2) is 6.00. The molecule has 0 bridgehead atoms. The van der Waals surface area contributed by atoms with Crippen LogP contribution in [-0.4, -0.2) is 31.7 Å². The number of halogens is 1. The number of rotatable bonds is 4. The summed E-state index contributed by atoms with van der Waals surface area (Å²) in [6.45, 7) is 10.6. The van der Waals surface area contributed by atoms with Gasteiger partial charge < -0.3 is 28.5 Å². The van der Waals surface area contributed by atoms with E-state index in [1.807, 2.05) is 0 Å². The number of hydrogen-bond donors (Lipinski definition) is 0. The van der Waals surface area contributed by atoms with Crippen molar-refractivity contribution < 1.29 is 28.5 Å². The Hall–Kier alpha value is 0.430. The Bertz CT molecular complexity index is 119. The third-order valence-corrected chi connectivity index (χ3v) is 1.53. The SMILES string of the molecule is C=C(C)C[N+](C)(C)CCC.[I-]. The molecule has 0 fully saturated rings. The smallest absolute Gasteiger partial charge is 0.0993 e. The standard InChI is InChI=1S/C9H20N.HI/c1-6-7-10(4,5)8-9(2)3;/h2,6-8H2,1,3-5H3;1H/q+1;/p-1. The van der Waals surface area contributed by atoms with E-state index in [1.165, 1.54) is 18.5 Å². The number of quaternary nitrogens is 1. The van der Waals surface area contributed by atoms with E-state index in [9.17, 15) is 0 Å². The van der Waals surface area contributed by atoms with E-state index >= 15 is 0 Å². The first-order valence-corrected chi connectivity index (χ1v) is 3.94. The molecule has 0 aliphatic carbocycles. The lowest BCUT2D eigenvalue weighted by Crippen LogP contribution is -3.00. The van der Waals surface area contributed by atoms with Gasteiger partial charge in [0.2, 0.25) is 0 Å². The summed E-state index contributed by atoms with van der Waals surface area (Å²) in [5.74, 6) is 0. The molecule has 68 valence electrons. The van der Waals surface area contributed by atoms with Crippen LogP contribution in [0.4, 0.5) is 0 Å². The molecule has 2 heteroatoms. The molecule has 0 aromatic rings. The molecule has 0 aromatic carbocycles. The van der Waals surface area contributed by atoms with Crippen molar-refractivity contribution in [2.24, 2.45) is 0 Å². The summed E-state index contributed by atoms with van der Waals surface area (Å²) in [6.07, 6.45) is 1.25. The summed E-state index contributed by atoms with van der Waals surface area (Å²) >= 11 is 0. The van der Waals surface area contributed by atoms with E-state index in [4.69, 9.17) is 0 Å². The van der Waals surface area contributed by atoms with Crippen molar-refractivity contribution in [2.75, 3.05) is 27.2 Å². The molecule has 0 atom stereocenters. The maximum absolute atomic E-state index is 3.91. The average molecular weight is 269 g/mol. The summed E-state index contributed by atoms with van der Waals surface area (Å²) in [4.78, 5) is 0. The Kier molecular flexibility index (Phi) is 7.63. The summed E-state index contributed by atoms with van der Waals surface area (Å²) in [5, 5.41) is 0. The molecule has 0 spiro atoms. The lowest BCUT2D eigenvalue weighted by molar-refractivity contribution is -0.885. The highest BCUT2D eigenvalue weighted by Crippen LogP contribution is 2.02. The van der Waals surface area contributed by atoms with E-state index in [2.05, 4.69) is 34.5 Å². The highest BCUT2D eigenvalue weighted by molar-refractivity contribution is 4.87. The zero-order valence-electron chi connectivity index (χ0n) is 8.15. The minimum absolute atomic E-state index is 0. The summed E-state index contributed by atoms with van der Waals surface area (Å²) in [5.41, 5.74) is 1.28. The van der Waals surface area contributed by atoms with E-state index in [1.54, 1.807) is 0 Å². The van der Waals surface area contributed by atoms with Gasteiger partial charge in [-0.05, 0) is 18.9 Å².